The molecule has 0 saturated carbocycles. The van der Waals surface area contributed by atoms with Gasteiger partial charge in [-0.15, -0.1) is 0 Å². The van der Waals surface area contributed by atoms with Crippen molar-refractivity contribution in [3.8, 4) is 11.3 Å². The van der Waals surface area contributed by atoms with Crippen molar-refractivity contribution in [3.63, 3.8) is 0 Å². The van der Waals surface area contributed by atoms with E-state index in [-0.39, 0.29) is 11.7 Å². The lowest BCUT2D eigenvalue weighted by Gasteiger charge is -2.33. The molecule has 1 aromatic carbocycles. The van der Waals surface area contributed by atoms with E-state index in [1.165, 1.54) is 34.8 Å². The van der Waals surface area contributed by atoms with Gasteiger partial charge in [-0.25, -0.2) is 4.39 Å². The Morgan fingerprint density at radius 2 is 2.00 bits per heavy atom. The molecule has 1 aliphatic heterocycles. The van der Waals surface area contributed by atoms with Gasteiger partial charge < -0.3 is 0 Å². The molecular formula is C17H21FN4O2S. The number of hydrogen-bond acceptors (Lipinski definition) is 4. The normalized spacial score (nSPS) is 19.3. The summed E-state index contributed by atoms with van der Waals surface area (Å²) in [5, 5.41) is 0. The fourth-order valence-electron chi connectivity index (χ4n) is 3.11. The number of piperidine rings is 1. The highest BCUT2D eigenvalue weighted by atomic mass is 32.2. The summed E-state index contributed by atoms with van der Waals surface area (Å²) in [7, 11) is -0.412. The summed E-state index contributed by atoms with van der Waals surface area (Å²) in [4.78, 5) is 8.83. The molecule has 8 heteroatoms. The second-order valence-corrected chi connectivity index (χ2v) is 8.43. The van der Waals surface area contributed by atoms with Crippen LogP contribution in [0.25, 0.3) is 11.3 Å². The van der Waals surface area contributed by atoms with Crippen molar-refractivity contribution in [3.05, 3.63) is 48.2 Å². The Hall–Kier alpha value is -1.90. The molecule has 3 rings (SSSR count). The molecule has 2 heterocycles. The van der Waals surface area contributed by atoms with Crippen molar-refractivity contribution in [1.82, 2.24) is 18.6 Å². The lowest BCUT2D eigenvalue weighted by atomic mass is 9.92. The van der Waals surface area contributed by atoms with Gasteiger partial charge >= 0.3 is 0 Å². The third kappa shape index (κ3) is 3.70. The third-order valence-electron chi connectivity index (χ3n) is 4.38. The SMILES string of the molecule is CN(C)S(=O)(=O)N1CCC[C@@H](c2nccnc2-c2cccc(F)c2)C1. The monoisotopic (exact) mass is 364 g/mol. The van der Waals surface area contributed by atoms with Gasteiger partial charge in [0.25, 0.3) is 10.2 Å². The average molecular weight is 364 g/mol. The Balaban J connectivity index is 1.95. The van der Waals surface area contributed by atoms with E-state index in [1.807, 2.05) is 0 Å². The minimum absolute atomic E-state index is 0.0737. The van der Waals surface area contributed by atoms with Gasteiger partial charge in [0, 0.05) is 51.1 Å². The van der Waals surface area contributed by atoms with E-state index >= 15 is 0 Å². The second kappa shape index (κ2) is 7.15. The first-order chi connectivity index (χ1) is 11.9. The lowest BCUT2D eigenvalue weighted by Crippen LogP contribution is -2.45. The van der Waals surface area contributed by atoms with Crippen molar-refractivity contribution in [2.45, 2.75) is 18.8 Å². The zero-order chi connectivity index (χ0) is 18.0. The molecule has 1 fully saturated rings. The predicted molar refractivity (Wildman–Crippen MR) is 93.6 cm³/mol. The molecule has 0 N–H and O–H groups in total. The predicted octanol–water partition coefficient (Wildman–Crippen LogP) is 2.27. The average Bonchev–Trinajstić information content (AvgIpc) is 2.61. The molecule has 0 radical (unpaired) electrons. The summed E-state index contributed by atoms with van der Waals surface area (Å²) < 4.78 is 41.1. The van der Waals surface area contributed by atoms with Gasteiger partial charge in [0.1, 0.15) is 5.82 Å². The number of halogens is 1. The Bertz CT molecular complexity index is 857. The molecule has 134 valence electrons. The maximum absolute atomic E-state index is 13.6. The highest BCUT2D eigenvalue weighted by molar-refractivity contribution is 7.86. The Morgan fingerprint density at radius 1 is 1.24 bits per heavy atom. The van der Waals surface area contributed by atoms with Crippen molar-refractivity contribution in [2.75, 3.05) is 27.2 Å². The Morgan fingerprint density at radius 3 is 2.72 bits per heavy atom. The van der Waals surface area contributed by atoms with Crippen molar-refractivity contribution in [1.29, 1.82) is 0 Å². The minimum atomic E-state index is -3.47. The molecule has 2 aromatic rings. The van der Waals surface area contributed by atoms with Gasteiger partial charge in [-0.05, 0) is 25.0 Å². The van der Waals surface area contributed by atoms with Crippen LogP contribution in [0.5, 0.6) is 0 Å². The van der Waals surface area contributed by atoms with E-state index in [4.69, 9.17) is 0 Å². The molecule has 1 aliphatic rings. The van der Waals surface area contributed by atoms with Crippen LogP contribution in [0.3, 0.4) is 0 Å². The minimum Gasteiger partial charge on any atom is -0.257 e. The summed E-state index contributed by atoms with van der Waals surface area (Å²) in [6.45, 7) is 0.841. The first-order valence-electron chi connectivity index (χ1n) is 8.14. The summed E-state index contributed by atoms with van der Waals surface area (Å²) in [5.41, 5.74) is 1.97. The molecule has 25 heavy (non-hydrogen) atoms. The first-order valence-corrected chi connectivity index (χ1v) is 9.53. The summed E-state index contributed by atoms with van der Waals surface area (Å²) in [5.74, 6) is -0.412. The first kappa shape index (κ1) is 17.9. The maximum Gasteiger partial charge on any atom is 0.281 e. The van der Waals surface area contributed by atoms with Crippen LogP contribution in [0.15, 0.2) is 36.7 Å². The number of hydrogen-bond donors (Lipinski definition) is 0. The highest BCUT2D eigenvalue weighted by Crippen LogP contribution is 2.33. The highest BCUT2D eigenvalue weighted by Gasteiger charge is 2.32. The number of nitrogens with zero attached hydrogens (tertiary/aromatic N) is 4. The molecule has 1 atom stereocenters. The van der Waals surface area contributed by atoms with E-state index in [9.17, 15) is 12.8 Å². The van der Waals surface area contributed by atoms with E-state index < -0.39 is 10.2 Å². The van der Waals surface area contributed by atoms with Gasteiger partial charge in [-0.2, -0.15) is 17.0 Å². The molecule has 0 bridgehead atoms. The van der Waals surface area contributed by atoms with Crippen molar-refractivity contribution >= 4 is 10.2 Å². The Kier molecular flexibility index (Phi) is 5.12. The van der Waals surface area contributed by atoms with Gasteiger partial charge in [0.05, 0.1) is 11.4 Å². The van der Waals surface area contributed by atoms with Gasteiger partial charge in [-0.3, -0.25) is 9.97 Å². The Labute approximate surface area is 147 Å². The van der Waals surface area contributed by atoms with Crippen LogP contribution in [0.4, 0.5) is 4.39 Å². The van der Waals surface area contributed by atoms with Crippen LogP contribution in [-0.2, 0) is 10.2 Å². The van der Waals surface area contributed by atoms with Crippen molar-refractivity contribution in [2.24, 2.45) is 0 Å². The molecule has 1 aromatic heterocycles. The second-order valence-electron chi connectivity index (χ2n) is 6.29. The molecule has 0 unspecified atom stereocenters. The van der Waals surface area contributed by atoms with Gasteiger partial charge in [0.2, 0.25) is 0 Å². The topological polar surface area (TPSA) is 66.4 Å². The zero-order valence-corrected chi connectivity index (χ0v) is 15.1. The zero-order valence-electron chi connectivity index (χ0n) is 14.3. The maximum atomic E-state index is 13.6. The smallest absolute Gasteiger partial charge is 0.257 e. The van der Waals surface area contributed by atoms with Gasteiger partial charge in [-0.1, -0.05) is 12.1 Å². The third-order valence-corrected chi connectivity index (χ3v) is 6.29. The molecule has 1 saturated heterocycles. The van der Waals surface area contributed by atoms with Crippen LogP contribution in [0, 0.1) is 5.82 Å². The molecular weight excluding hydrogens is 343 g/mol. The van der Waals surface area contributed by atoms with Crippen LogP contribution in [-0.4, -0.2) is 54.2 Å². The fourth-order valence-corrected chi connectivity index (χ4v) is 4.30. The number of benzene rings is 1. The van der Waals surface area contributed by atoms with Crippen LogP contribution < -0.4 is 0 Å². The van der Waals surface area contributed by atoms with Crippen LogP contribution in [0.1, 0.15) is 24.5 Å². The molecule has 6 nitrogen and oxygen atoms in total. The standard InChI is InChI=1S/C17H21FN4O2S/c1-21(2)25(23,24)22-10-4-6-14(12-22)17-16(19-8-9-20-17)13-5-3-7-15(18)11-13/h3,5,7-9,11,14H,4,6,10,12H2,1-2H3/t14-/m1/s1. The summed E-state index contributed by atoms with van der Waals surface area (Å²) in [6, 6.07) is 6.22. The van der Waals surface area contributed by atoms with Crippen LogP contribution >= 0.6 is 0 Å². The van der Waals surface area contributed by atoms with E-state index in [1.54, 1.807) is 24.5 Å². The quantitative estimate of drug-likeness (QED) is 0.835. The van der Waals surface area contributed by atoms with Crippen LogP contribution in [0.2, 0.25) is 0 Å². The molecule has 0 aliphatic carbocycles. The number of rotatable bonds is 4. The molecule has 0 amide bonds. The van der Waals surface area contributed by atoms with Gasteiger partial charge in [0.15, 0.2) is 0 Å². The molecule has 0 spiro atoms. The lowest BCUT2D eigenvalue weighted by molar-refractivity contribution is 0.296. The number of aromatic nitrogens is 2. The van der Waals surface area contributed by atoms with E-state index in [2.05, 4.69) is 9.97 Å². The summed E-state index contributed by atoms with van der Waals surface area (Å²) >= 11 is 0. The van der Waals surface area contributed by atoms with E-state index in [0.29, 0.717) is 30.0 Å². The van der Waals surface area contributed by atoms with E-state index in [0.717, 1.165) is 12.8 Å². The summed E-state index contributed by atoms with van der Waals surface area (Å²) in [6.07, 6.45) is 4.73. The largest absolute Gasteiger partial charge is 0.281 e. The fraction of sp³-hybridized carbons (Fsp3) is 0.412. The van der Waals surface area contributed by atoms with Crippen molar-refractivity contribution < 1.29 is 12.8 Å².